The third-order valence-electron chi connectivity index (χ3n) is 4.50. The van der Waals surface area contributed by atoms with Crippen LogP contribution in [0.3, 0.4) is 0 Å². The number of amides is 1. The third kappa shape index (κ3) is 3.35. The summed E-state index contributed by atoms with van der Waals surface area (Å²) >= 11 is 0. The Morgan fingerprint density at radius 2 is 1.77 bits per heavy atom. The van der Waals surface area contributed by atoms with Crippen LogP contribution >= 0.6 is 0 Å². The quantitative estimate of drug-likeness (QED) is 0.861. The van der Waals surface area contributed by atoms with E-state index in [1.807, 2.05) is 0 Å². The van der Waals surface area contributed by atoms with Crippen molar-refractivity contribution in [2.75, 3.05) is 13.2 Å². The third-order valence-corrected chi connectivity index (χ3v) is 4.50. The highest BCUT2D eigenvalue weighted by Gasteiger charge is 2.40. The summed E-state index contributed by atoms with van der Waals surface area (Å²) in [6.07, 6.45) is 0.977. The van der Waals surface area contributed by atoms with Crippen molar-refractivity contribution in [2.24, 2.45) is 0 Å². The van der Waals surface area contributed by atoms with Gasteiger partial charge in [0.15, 0.2) is 17.0 Å². The van der Waals surface area contributed by atoms with Crippen LogP contribution in [0.1, 0.15) is 35.7 Å². The number of benzene rings is 2. The van der Waals surface area contributed by atoms with Gasteiger partial charge in [-0.2, -0.15) is 0 Å². The first-order valence-electron chi connectivity index (χ1n) is 8.58. The highest BCUT2D eigenvalue weighted by atomic mass is 16.5. The monoisotopic (exact) mass is 355 g/mol. The lowest BCUT2D eigenvalue weighted by molar-refractivity contribution is -0.145. The number of carboxylic acid groups (broad SMARTS) is 1. The fourth-order valence-electron chi connectivity index (χ4n) is 2.99. The second-order valence-corrected chi connectivity index (χ2v) is 6.10. The lowest BCUT2D eigenvalue weighted by atomic mass is 9.87. The van der Waals surface area contributed by atoms with Gasteiger partial charge in [0.2, 0.25) is 0 Å². The Balaban J connectivity index is 1.91. The number of carbonyl (C=O) groups excluding carboxylic acids is 1. The molecule has 0 aromatic heterocycles. The molecule has 0 bridgehead atoms. The molecule has 3 rings (SSSR count). The van der Waals surface area contributed by atoms with Gasteiger partial charge < -0.3 is 19.9 Å². The zero-order valence-corrected chi connectivity index (χ0v) is 14.5. The Morgan fingerprint density at radius 3 is 2.42 bits per heavy atom. The molecule has 0 aliphatic carbocycles. The van der Waals surface area contributed by atoms with Crippen LogP contribution in [0.4, 0.5) is 0 Å². The van der Waals surface area contributed by atoms with Gasteiger partial charge in [-0.25, -0.2) is 4.79 Å². The number of carboxylic acids is 1. The van der Waals surface area contributed by atoms with Crippen molar-refractivity contribution in [3.05, 3.63) is 59.7 Å². The van der Waals surface area contributed by atoms with E-state index in [2.05, 4.69) is 5.32 Å². The van der Waals surface area contributed by atoms with E-state index < -0.39 is 17.4 Å². The van der Waals surface area contributed by atoms with Crippen molar-refractivity contribution in [3.63, 3.8) is 0 Å². The van der Waals surface area contributed by atoms with Gasteiger partial charge in [-0.3, -0.25) is 4.79 Å². The van der Waals surface area contributed by atoms with E-state index >= 15 is 0 Å². The van der Waals surface area contributed by atoms with Crippen molar-refractivity contribution in [3.8, 4) is 11.5 Å². The number of aliphatic carboxylic acids is 1. The van der Waals surface area contributed by atoms with E-state index in [1.54, 1.807) is 55.5 Å². The molecule has 1 heterocycles. The van der Waals surface area contributed by atoms with Crippen LogP contribution in [0, 0.1) is 0 Å². The van der Waals surface area contributed by atoms with E-state index in [4.69, 9.17) is 9.47 Å². The van der Waals surface area contributed by atoms with Gasteiger partial charge in [-0.15, -0.1) is 0 Å². The Kier molecular flexibility index (Phi) is 5.11. The van der Waals surface area contributed by atoms with Crippen molar-refractivity contribution in [1.29, 1.82) is 0 Å². The number of hydrogen-bond donors (Lipinski definition) is 2. The van der Waals surface area contributed by atoms with Crippen LogP contribution in [-0.4, -0.2) is 30.2 Å². The topological polar surface area (TPSA) is 84.9 Å². The number of nitrogens with one attached hydrogen (secondary N) is 1. The Labute approximate surface area is 151 Å². The molecule has 1 unspecified atom stereocenters. The van der Waals surface area contributed by atoms with E-state index in [0.29, 0.717) is 35.8 Å². The van der Waals surface area contributed by atoms with Gasteiger partial charge >= 0.3 is 5.97 Å². The average Bonchev–Trinajstić information content (AvgIpc) is 2.91. The van der Waals surface area contributed by atoms with E-state index in [1.165, 1.54) is 0 Å². The molecule has 136 valence electrons. The van der Waals surface area contributed by atoms with Gasteiger partial charge in [0, 0.05) is 12.0 Å². The van der Waals surface area contributed by atoms with Crippen molar-refractivity contribution in [1.82, 2.24) is 5.32 Å². The standard InChI is InChI=1S/C20H21NO5/c1-2-20(19(23)24,15-7-4-3-5-8-15)21-18(22)14-9-10-16-17(13-14)26-12-6-11-25-16/h3-5,7-10,13H,2,6,11-12H2,1H3,(H,21,22)(H,23,24). The first-order chi connectivity index (χ1) is 12.6. The van der Waals surface area contributed by atoms with Gasteiger partial charge in [-0.1, -0.05) is 37.3 Å². The molecule has 2 aromatic carbocycles. The van der Waals surface area contributed by atoms with Gasteiger partial charge in [0.1, 0.15) is 0 Å². The summed E-state index contributed by atoms with van der Waals surface area (Å²) in [6, 6.07) is 13.6. The lowest BCUT2D eigenvalue weighted by Gasteiger charge is -2.30. The molecule has 0 spiro atoms. The molecule has 2 aromatic rings. The lowest BCUT2D eigenvalue weighted by Crippen LogP contribution is -2.51. The molecule has 2 N–H and O–H groups in total. The fraction of sp³-hybridized carbons (Fsp3) is 0.300. The Hall–Kier alpha value is -3.02. The van der Waals surface area contributed by atoms with Crippen LogP contribution in [-0.2, 0) is 10.3 Å². The summed E-state index contributed by atoms with van der Waals surface area (Å²) < 4.78 is 11.2. The maximum atomic E-state index is 12.8. The number of ether oxygens (including phenoxy) is 2. The molecule has 1 aliphatic rings. The molecule has 0 fully saturated rings. The minimum Gasteiger partial charge on any atom is -0.490 e. The summed E-state index contributed by atoms with van der Waals surface area (Å²) in [5, 5.41) is 12.5. The van der Waals surface area contributed by atoms with Crippen molar-refractivity contribution in [2.45, 2.75) is 25.3 Å². The van der Waals surface area contributed by atoms with Crippen LogP contribution in [0.2, 0.25) is 0 Å². The van der Waals surface area contributed by atoms with E-state index in [-0.39, 0.29) is 6.42 Å². The highest BCUT2D eigenvalue weighted by molar-refractivity contribution is 5.98. The second kappa shape index (κ2) is 7.47. The summed E-state index contributed by atoms with van der Waals surface area (Å²) in [4.78, 5) is 24.8. The summed E-state index contributed by atoms with van der Waals surface area (Å²) in [5.41, 5.74) is -0.649. The molecule has 0 radical (unpaired) electrons. The molecule has 1 aliphatic heterocycles. The Morgan fingerprint density at radius 1 is 1.08 bits per heavy atom. The van der Waals surface area contributed by atoms with E-state index in [0.717, 1.165) is 6.42 Å². The van der Waals surface area contributed by atoms with Crippen LogP contribution in [0.5, 0.6) is 11.5 Å². The minimum atomic E-state index is -1.50. The first-order valence-corrected chi connectivity index (χ1v) is 8.58. The molecular weight excluding hydrogens is 334 g/mol. The number of rotatable bonds is 5. The molecule has 1 amide bonds. The maximum Gasteiger partial charge on any atom is 0.334 e. The SMILES string of the molecule is CCC(NC(=O)c1ccc2c(c1)OCCCO2)(C(=O)O)c1ccccc1. The molecule has 0 saturated carbocycles. The number of carbonyl (C=O) groups is 2. The van der Waals surface area contributed by atoms with Gasteiger partial charge in [0.25, 0.3) is 5.91 Å². The van der Waals surface area contributed by atoms with Gasteiger partial charge in [0.05, 0.1) is 13.2 Å². The van der Waals surface area contributed by atoms with Crippen molar-refractivity contribution < 1.29 is 24.2 Å². The average molecular weight is 355 g/mol. The molecular formula is C20H21NO5. The maximum absolute atomic E-state index is 12.8. The van der Waals surface area contributed by atoms with Crippen LogP contribution in [0.15, 0.2) is 48.5 Å². The summed E-state index contributed by atoms with van der Waals surface area (Å²) in [7, 11) is 0. The molecule has 6 heteroatoms. The summed E-state index contributed by atoms with van der Waals surface area (Å²) in [6.45, 7) is 2.80. The van der Waals surface area contributed by atoms with Gasteiger partial charge in [-0.05, 0) is 30.2 Å². The first kappa shape index (κ1) is 17.8. The molecule has 26 heavy (non-hydrogen) atoms. The highest BCUT2D eigenvalue weighted by Crippen LogP contribution is 2.31. The normalized spacial score (nSPS) is 15.4. The minimum absolute atomic E-state index is 0.211. The smallest absolute Gasteiger partial charge is 0.334 e. The predicted octanol–water partition coefficient (Wildman–Crippen LogP) is 2.97. The number of hydrogen-bond acceptors (Lipinski definition) is 4. The van der Waals surface area contributed by atoms with Crippen molar-refractivity contribution >= 4 is 11.9 Å². The molecule has 0 saturated heterocycles. The molecule has 1 atom stereocenters. The fourth-order valence-corrected chi connectivity index (χ4v) is 2.99. The second-order valence-electron chi connectivity index (χ2n) is 6.10. The summed E-state index contributed by atoms with van der Waals surface area (Å²) in [5.74, 6) is -0.503. The predicted molar refractivity (Wildman–Crippen MR) is 95.6 cm³/mol. The zero-order chi connectivity index (χ0) is 18.6. The van der Waals surface area contributed by atoms with Crippen LogP contribution < -0.4 is 14.8 Å². The zero-order valence-electron chi connectivity index (χ0n) is 14.5. The largest absolute Gasteiger partial charge is 0.490 e. The van der Waals surface area contributed by atoms with Crippen LogP contribution in [0.25, 0.3) is 0 Å². The number of fused-ring (bicyclic) bond motifs is 1. The van der Waals surface area contributed by atoms with E-state index in [9.17, 15) is 14.7 Å². The molecule has 6 nitrogen and oxygen atoms in total. The Bertz CT molecular complexity index is 805.